The van der Waals surface area contributed by atoms with E-state index in [0.29, 0.717) is 19.4 Å². The molecule has 0 radical (unpaired) electrons. The fraction of sp³-hybridized carbons (Fsp3) is 0.636. The molecule has 1 saturated heterocycles. The Labute approximate surface area is 108 Å². The van der Waals surface area contributed by atoms with Gasteiger partial charge in [0.1, 0.15) is 0 Å². The molecule has 0 bridgehead atoms. The van der Waals surface area contributed by atoms with Gasteiger partial charge >= 0.3 is 5.97 Å². The van der Waals surface area contributed by atoms with Crippen molar-refractivity contribution < 1.29 is 14.6 Å². The molecule has 0 saturated carbocycles. The number of aromatic nitrogens is 2. The van der Waals surface area contributed by atoms with E-state index in [9.17, 15) is 9.90 Å². The molecule has 0 aromatic carbocycles. The molecular formula is C11H15BrN2O3. The normalized spacial score (nSPS) is 24.2. The molecule has 5 nitrogen and oxygen atoms in total. The molecule has 6 heteroatoms. The van der Waals surface area contributed by atoms with Crippen molar-refractivity contribution in [3.8, 4) is 0 Å². The Morgan fingerprint density at radius 1 is 1.71 bits per heavy atom. The Kier molecular flexibility index (Phi) is 3.27. The van der Waals surface area contributed by atoms with Gasteiger partial charge in [0.15, 0.2) is 0 Å². The Balaban J connectivity index is 2.33. The van der Waals surface area contributed by atoms with Gasteiger partial charge in [-0.3, -0.25) is 9.48 Å². The second kappa shape index (κ2) is 4.42. The van der Waals surface area contributed by atoms with E-state index in [-0.39, 0.29) is 6.61 Å². The average Bonchev–Trinajstić information content (AvgIpc) is 2.81. The molecule has 17 heavy (non-hydrogen) atoms. The number of carbonyl (C=O) groups is 1. The second-order valence-corrected chi connectivity index (χ2v) is 5.33. The zero-order valence-corrected chi connectivity index (χ0v) is 11.5. The fourth-order valence-electron chi connectivity index (χ4n) is 2.18. The molecule has 94 valence electrons. The van der Waals surface area contributed by atoms with E-state index in [0.717, 1.165) is 15.9 Å². The van der Waals surface area contributed by atoms with Crippen molar-refractivity contribution in [1.82, 2.24) is 9.78 Å². The number of carboxylic acids is 1. The highest BCUT2D eigenvalue weighted by Crippen LogP contribution is 2.35. The van der Waals surface area contributed by atoms with Crippen LogP contribution in [0.5, 0.6) is 0 Å². The predicted octanol–water partition coefficient (Wildman–Crippen LogP) is 1.52. The zero-order valence-electron chi connectivity index (χ0n) is 9.86. The summed E-state index contributed by atoms with van der Waals surface area (Å²) in [6.07, 6.45) is 0.999. The molecule has 0 spiro atoms. The van der Waals surface area contributed by atoms with Gasteiger partial charge in [-0.1, -0.05) is 0 Å². The maximum Gasteiger partial charge on any atom is 0.312 e. The van der Waals surface area contributed by atoms with Crippen LogP contribution < -0.4 is 0 Å². The second-order valence-electron chi connectivity index (χ2n) is 4.53. The van der Waals surface area contributed by atoms with Gasteiger partial charge in [-0.05, 0) is 29.3 Å². The Bertz CT molecular complexity index is 450. The summed E-state index contributed by atoms with van der Waals surface area (Å²) in [4.78, 5) is 11.4. The molecule has 1 aromatic heterocycles. The summed E-state index contributed by atoms with van der Waals surface area (Å²) in [6.45, 7) is 2.69. The Morgan fingerprint density at radius 2 is 2.41 bits per heavy atom. The number of hydrogen-bond acceptors (Lipinski definition) is 3. The number of aliphatic carboxylic acids is 1. The molecule has 2 rings (SSSR count). The van der Waals surface area contributed by atoms with Crippen LogP contribution in [0, 0.1) is 12.3 Å². The Morgan fingerprint density at radius 3 is 2.82 bits per heavy atom. The molecule has 1 N–H and O–H groups in total. The Hall–Kier alpha value is -0.880. The first kappa shape index (κ1) is 12.6. The van der Waals surface area contributed by atoms with E-state index < -0.39 is 11.4 Å². The summed E-state index contributed by atoms with van der Waals surface area (Å²) in [5.41, 5.74) is 0.986. The number of aryl methyl sites for hydroxylation is 2. The molecule has 1 aliphatic rings. The minimum absolute atomic E-state index is 0.277. The third kappa shape index (κ3) is 2.11. The summed E-state index contributed by atoms with van der Waals surface area (Å²) >= 11 is 3.46. The average molecular weight is 303 g/mol. The number of ether oxygens (including phenoxy) is 1. The van der Waals surface area contributed by atoms with Crippen LogP contribution in [0.2, 0.25) is 0 Å². The van der Waals surface area contributed by atoms with E-state index in [4.69, 9.17) is 4.74 Å². The van der Waals surface area contributed by atoms with E-state index in [1.54, 1.807) is 4.68 Å². The lowest BCUT2D eigenvalue weighted by atomic mass is 9.82. The first-order valence-electron chi connectivity index (χ1n) is 5.45. The highest BCUT2D eigenvalue weighted by atomic mass is 79.9. The van der Waals surface area contributed by atoms with E-state index in [1.165, 1.54) is 0 Å². The number of hydrogen-bond donors (Lipinski definition) is 1. The van der Waals surface area contributed by atoms with Crippen molar-refractivity contribution in [2.75, 3.05) is 13.2 Å². The lowest BCUT2D eigenvalue weighted by Gasteiger charge is -2.22. The number of halogens is 1. The topological polar surface area (TPSA) is 64.4 Å². The van der Waals surface area contributed by atoms with Crippen molar-refractivity contribution in [1.29, 1.82) is 0 Å². The van der Waals surface area contributed by atoms with Crippen molar-refractivity contribution in [2.24, 2.45) is 12.5 Å². The minimum atomic E-state index is -0.803. The van der Waals surface area contributed by atoms with Gasteiger partial charge in [0.05, 0.1) is 27.9 Å². The van der Waals surface area contributed by atoms with E-state index >= 15 is 0 Å². The smallest absolute Gasteiger partial charge is 0.312 e. The van der Waals surface area contributed by atoms with Gasteiger partial charge in [0, 0.05) is 20.1 Å². The molecule has 0 amide bonds. The molecular weight excluding hydrogens is 288 g/mol. The van der Waals surface area contributed by atoms with Crippen LogP contribution in [0.1, 0.15) is 17.8 Å². The van der Waals surface area contributed by atoms with Crippen LogP contribution in [-0.4, -0.2) is 34.1 Å². The van der Waals surface area contributed by atoms with Gasteiger partial charge < -0.3 is 9.84 Å². The summed E-state index contributed by atoms with van der Waals surface area (Å²) < 4.78 is 7.89. The molecule has 1 unspecified atom stereocenters. The number of nitrogens with zero attached hydrogens (tertiary/aromatic N) is 2. The van der Waals surface area contributed by atoms with Crippen molar-refractivity contribution in [3.05, 3.63) is 15.9 Å². The molecule has 2 heterocycles. The maximum absolute atomic E-state index is 11.4. The van der Waals surface area contributed by atoms with Crippen molar-refractivity contribution in [2.45, 2.75) is 19.8 Å². The third-order valence-electron chi connectivity index (χ3n) is 3.32. The summed E-state index contributed by atoms with van der Waals surface area (Å²) in [5.74, 6) is -0.791. The molecule has 1 aliphatic heterocycles. The van der Waals surface area contributed by atoms with Crippen LogP contribution in [0.25, 0.3) is 0 Å². The largest absolute Gasteiger partial charge is 0.481 e. The fourth-order valence-corrected chi connectivity index (χ4v) is 2.66. The van der Waals surface area contributed by atoms with Crippen LogP contribution in [0.4, 0.5) is 0 Å². The van der Waals surface area contributed by atoms with Crippen molar-refractivity contribution in [3.63, 3.8) is 0 Å². The SMILES string of the molecule is Cc1nn(C)c(CC2(C(=O)O)CCOC2)c1Br. The number of carboxylic acid groups (broad SMARTS) is 1. The van der Waals surface area contributed by atoms with Crippen LogP contribution in [0.15, 0.2) is 4.47 Å². The summed E-state index contributed by atoms with van der Waals surface area (Å²) in [6, 6.07) is 0. The van der Waals surface area contributed by atoms with E-state index in [1.807, 2.05) is 14.0 Å². The lowest BCUT2D eigenvalue weighted by molar-refractivity contribution is -0.148. The number of rotatable bonds is 3. The first-order valence-corrected chi connectivity index (χ1v) is 6.25. The standard InChI is InChI=1S/C11H15BrN2O3/c1-7-9(12)8(14(2)13-7)5-11(10(15)16)3-4-17-6-11/h3-6H2,1-2H3,(H,15,16). The summed E-state index contributed by atoms with van der Waals surface area (Å²) in [5, 5.41) is 13.7. The molecule has 0 aliphatic carbocycles. The van der Waals surface area contributed by atoms with Crippen molar-refractivity contribution >= 4 is 21.9 Å². The molecule has 1 fully saturated rings. The summed E-state index contributed by atoms with van der Waals surface area (Å²) in [7, 11) is 1.83. The van der Waals surface area contributed by atoms with E-state index in [2.05, 4.69) is 21.0 Å². The highest BCUT2D eigenvalue weighted by molar-refractivity contribution is 9.10. The van der Waals surface area contributed by atoms with Crippen LogP contribution in [-0.2, 0) is 23.0 Å². The van der Waals surface area contributed by atoms with Crippen LogP contribution >= 0.6 is 15.9 Å². The predicted molar refractivity (Wildman–Crippen MR) is 64.9 cm³/mol. The monoisotopic (exact) mass is 302 g/mol. The van der Waals surface area contributed by atoms with Gasteiger partial charge in [-0.15, -0.1) is 0 Å². The zero-order chi connectivity index (χ0) is 12.6. The first-order chi connectivity index (χ1) is 7.96. The highest BCUT2D eigenvalue weighted by Gasteiger charge is 2.43. The minimum Gasteiger partial charge on any atom is -0.481 e. The van der Waals surface area contributed by atoms with Gasteiger partial charge in [0.2, 0.25) is 0 Å². The maximum atomic E-state index is 11.4. The van der Waals surface area contributed by atoms with Gasteiger partial charge in [-0.25, -0.2) is 0 Å². The lowest BCUT2D eigenvalue weighted by Crippen LogP contribution is -2.34. The quantitative estimate of drug-likeness (QED) is 0.919. The molecule has 1 atom stereocenters. The molecule has 1 aromatic rings. The van der Waals surface area contributed by atoms with Gasteiger partial charge in [0.25, 0.3) is 0 Å². The third-order valence-corrected chi connectivity index (χ3v) is 4.36. The van der Waals surface area contributed by atoms with Crippen LogP contribution in [0.3, 0.4) is 0 Å². The van der Waals surface area contributed by atoms with Gasteiger partial charge in [-0.2, -0.15) is 5.10 Å².